The fourth-order valence-corrected chi connectivity index (χ4v) is 14.9. The van der Waals surface area contributed by atoms with E-state index in [0.717, 1.165) is 52.1 Å². The molecule has 0 unspecified atom stereocenters. The minimum Gasteiger partial charge on any atom is -0.467 e. The minimum absolute atomic E-state index is 0.0582. The fourth-order valence-electron chi connectivity index (χ4n) is 14.9. The predicted octanol–water partition coefficient (Wildman–Crippen LogP) is 0.960. The Hall–Kier alpha value is -1.88. The monoisotopic (exact) mass is 941 g/mol. The second kappa shape index (κ2) is 17.8. The third-order valence-electron chi connectivity index (χ3n) is 19.1. The van der Waals surface area contributed by atoms with Crippen LogP contribution < -0.4 is 0 Å². The summed E-state index contributed by atoms with van der Waals surface area (Å²) in [6, 6.07) is 0. The summed E-state index contributed by atoms with van der Waals surface area (Å²) in [4.78, 5) is 27.8. The van der Waals surface area contributed by atoms with Crippen LogP contribution in [0.5, 0.6) is 0 Å². The Morgan fingerprint density at radius 3 is 1.91 bits per heavy atom. The smallest absolute Gasteiger partial charge is 0.337 e. The molecule has 18 nitrogen and oxygen atoms in total. The van der Waals surface area contributed by atoms with Gasteiger partial charge in [0.2, 0.25) is 6.29 Å². The number of aliphatic hydroxyl groups excluding tert-OH is 9. The van der Waals surface area contributed by atoms with Gasteiger partial charge in [0.1, 0.15) is 61.0 Å². The zero-order valence-electron chi connectivity index (χ0n) is 39.7. The maximum absolute atomic E-state index is 14.7. The molecule has 0 spiro atoms. The van der Waals surface area contributed by atoms with E-state index in [4.69, 9.17) is 33.2 Å². The van der Waals surface area contributed by atoms with Crippen molar-refractivity contribution in [3.63, 3.8) is 0 Å². The van der Waals surface area contributed by atoms with Crippen LogP contribution in [-0.4, -0.2) is 170 Å². The van der Waals surface area contributed by atoms with Gasteiger partial charge in [-0.3, -0.25) is 4.79 Å². The van der Waals surface area contributed by atoms with E-state index in [2.05, 4.69) is 54.5 Å². The molecule has 3 heterocycles. The van der Waals surface area contributed by atoms with E-state index in [9.17, 15) is 55.5 Å². The molecule has 0 aromatic rings. The molecule has 66 heavy (non-hydrogen) atoms. The SMILES string of the molecule is COC(=O)[C@H]1O[C@@H](O[C@H]2CC[C@]3(C)[C@H]4CC=C5[C@@H]6CC(C)(C)CC[C@]6(C(=O)O[C@@H]6O[C@H](CO)[C@@H](O)[C@H](O)[C@H]6O)CC[C@@]5(C)[C@]4(C)CC[C@H]3C2(C)C)[C@H](O)[C@@H](O)[C@@H]1O[C@@H]1O[C@@H](CO)[C@H](O)[C@H]1O. The van der Waals surface area contributed by atoms with E-state index in [1.807, 2.05) is 0 Å². The average molecular weight is 941 g/mol. The minimum atomic E-state index is -1.76. The number of esters is 2. The summed E-state index contributed by atoms with van der Waals surface area (Å²) in [5, 5.41) is 94.8. The lowest BCUT2D eigenvalue weighted by atomic mass is 9.33. The Bertz CT molecular complexity index is 1840. The van der Waals surface area contributed by atoms with Crippen LogP contribution in [0.1, 0.15) is 113 Å². The first-order chi connectivity index (χ1) is 30.9. The molecule has 18 heteroatoms. The average Bonchev–Trinajstić information content (AvgIpc) is 3.54. The molecular formula is C48H76O18. The number of methoxy groups -OCH3 is 1. The van der Waals surface area contributed by atoms with Crippen LogP contribution >= 0.6 is 0 Å². The lowest BCUT2D eigenvalue weighted by Crippen LogP contribution is -2.66. The van der Waals surface area contributed by atoms with Crippen LogP contribution in [0.4, 0.5) is 0 Å². The number of ether oxygens (including phenoxy) is 7. The van der Waals surface area contributed by atoms with Crippen molar-refractivity contribution in [1.82, 2.24) is 0 Å². The summed E-state index contributed by atoms with van der Waals surface area (Å²) in [7, 11) is 1.13. The third-order valence-corrected chi connectivity index (χ3v) is 19.1. The van der Waals surface area contributed by atoms with Crippen molar-refractivity contribution >= 4 is 11.9 Å². The second-order valence-corrected chi connectivity index (χ2v) is 23.2. The normalized spacial score (nSPS) is 51.9. The molecule has 8 aliphatic rings. The van der Waals surface area contributed by atoms with Gasteiger partial charge in [-0.05, 0) is 109 Å². The van der Waals surface area contributed by atoms with Crippen LogP contribution in [0.25, 0.3) is 0 Å². The maximum atomic E-state index is 14.7. The van der Waals surface area contributed by atoms with E-state index >= 15 is 0 Å². The summed E-state index contributed by atoms with van der Waals surface area (Å²) in [5.74, 6) is -1.13. The van der Waals surface area contributed by atoms with Gasteiger partial charge in [0.05, 0.1) is 31.8 Å². The lowest BCUT2D eigenvalue weighted by molar-refractivity contribution is -0.342. The zero-order valence-corrected chi connectivity index (χ0v) is 39.7. The van der Waals surface area contributed by atoms with Gasteiger partial charge in [-0.1, -0.05) is 60.1 Å². The highest BCUT2D eigenvalue weighted by atomic mass is 16.8. The Balaban J connectivity index is 1.02. The molecule has 0 radical (unpaired) electrons. The number of hydrogen-bond acceptors (Lipinski definition) is 18. The molecule has 0 aromatic heterocycles. The molecule has 4 saturated carbocycles. The molecule has 376 valence electrons. The molecule has 5 aliphatic carbocycles. The Labute approximate surface area is 386 Å². The van der Waals surface area contributed by atoms with E-state index in [1.165, 1.54) is 5.57 Å². The highest BCUT2D eigenvalue weighted by Crippen LogP contribution is 2.76. The van der Waals surface area contributed by atoms with Crippen molar-refractivity contribution in [2.24, 2.45) is 50.2 Å². The molecular weight excluding hydrogens is 865 g/mol. The van der Waals surface area contributed by atoms with Gasteiger partial charge >= 0.3 is 11.9 Å². The second-order valence-electron chi connectivity index (χ2n) is 23.2. The number of aliphatic hydroxyl groups is 9. The predicted molar refractivity (Wildman–Crippen MR) is 229 cm³/mol. The molecule has 22 atom stereocenters. The Morgan fingerprint density at radius 2 is 1.26 bits per heavy atom. The fraction of sp³-hybridized carbons (Fsp3) is 0.917. The maximum Gasteiger partial charge on any atom is 0.337 e. The quantitative estimate of drug-likeness (QED) is 0.0885. The molecule has 0 bridgehead atoms. The first kappa shape index (κ1) is 50.5. The first-order valence-corrected chi connectivity index (χ1v) is 24.1. The molecule has 0 aromatic carbocycles. The highest BCUT2D eigenvalue weighted by Gasteiger charge is 2.70. The standard InChI is InChI=1S/C48H76O18/c1-43(2)15-17-48(42(59)66-40-34(56)31(53)29(51)24(20-49)62-40)18-16-46(6)22(23(48)19-43)9-10-27-45(5)13-12-28(44(3,4)26(45)11-14-47(27,46)7)63-41-35(57)32(54)36(37(65-41)38(58)60-8)64-39-33(55)30(52)25(21-50)61-39/h9,23-37,39-41,49-57H,10-21H2,1-8H3/t23-,24+,25-,26-,27+,28-,29+,30-,31-,32+,33+,34+,35+,36-,37-,39-,40-,41+,45-,46+,47+,48-/m0/s1. The van der Waals surface area contributed by atoms with Crippen molar-refractivity contribution in [3.05, 3.63) is 11.6 Å². The molecule has 3 aliphatic heterocycles. The Morgan fingerprint density at radius 1 is 0.667 bits per heavy atom. The van der Waals surface area contributed by atoms with E-state index in [-0.39, 0.29) is 39.4 Å². The van der Waals surface area contributed by atoms with Crippen LogP contribution in [0.3, 0.4) is 0 Å². The van der Waals surface area contributed by atoms with E-state index < -0.39 is 128 Å². The van der Waals surface area contributed by atoms with E-state index in [1.54, 1.807) is 0 Å². The van der Waals surface area contributed by atoms with Gasteiger partial charge in [0.15, 0.2) is 18.7 Å². The molecule has 7 fully saturated rings. The van der Waals surface area contributed by atoms with Gasteiger partial charge in [-0.2, -0.15) is 0 Å². The van der Waals surface area contributed by atoms with Crippen LogP contribution in [0, 0.1) is 50.2 Å². The molecule has 3 saturated heterocycles. The van der Waals surface area contributed by atoms with Crippen molar-refractivity contribution < 1.29 is 88.7 Å². The highest BCUT2D eigenvalue weighted by molar-refractivity contribution is 5.79. The van der Waals surface area contributed by atoms with Gasteiger partial charge in [0.25, 0.3) is 0 Å². The number of carbonyl (C=O) groups is 2. The van der Waals surface area contributed by atoms with Crippen LogP contribution in [0.2, 0.25) is 0 Å². The molecule has 8 rings (SSSR count). The van der Waals surface area contributed by atoms with Crippen LogP contribution in [-0.2, 0) is 42.7 Å². The number of carbonyl (C=O) groups excluding carboxylic acids is 2. The van der Waals surface area contributed by atoms with Gasteiger partial charge in [0, 0.05) is 0 Å². The number of allylic oxidation sites excluding steroid dienone is 2. The summed E-state index contributed by atoms with van der Waals surface area (Å²) >= 11 is 0. The van der Waals surface area contributed by atoms with Gasteiger partial charge in [-0.15, -0.1) is 0 Å². The number of hydrogen-bond donors (Lipinski definition) is 9. The van der Waals surface area contributed by atoms with Crippen molar-refractivity contribution in [1.29, 1.82) is 0 Å². The first-order valence-electron chi connectivity index (χ1n) is 24.1. The molecule has 9 N–H and O–H groups in total. The van der Waals surface area contributed by atoms with Crippen molar-refractivity contribution in [2.45, 2.75) is 205 Å². The number of rotatable bonds is 9. The van der Waals surface area contributed by atoms with Gasteiger partial charge < -0.3 is 79.1 Å². The Kier molecular flexibility index (Phi) is 13.6. The summed E-state index contributed by atoms with van der Waals surface area (Å²) in [5.41, 5.74) is -0.703. The molecule has 0 amide bonds. The number of fused-ring (bicyclic) bond motifs is 7. The topological polar surface area (TPSA) is 281 Å². The largest absolute Gasteiger partial charge is 0.467 e. The van der Waals surface area contributed by atoms with Crippen LogP contribution in [0.15, 0.2) is 11.6 Å². The summed E-state index contributed by atoms with van der Waals surface area (Å²) in [6.45, 7) is 14.8. The summed E-state index contributed by atoms with van der Waals surface area (Å²) in [6.07, 6.45) is -12.2. The zero-order chi connectivity index (χ0) is 48.3. The van der Waals surface area contributed by atoms with Gasteiger partial charge in [-0.25, -0.2) is 4.79 Å². The third kappa shape index (κ3) is 7.74. The van der Waals surface area contributed by atoms with Crippen molar-refractivity contribution in [2.75, 3.05) is 20.3 Å². The lowest BCUT2D eigenvalue weighted by Gasteiger charge is -2.71. The summed E-state index contributed by atoms with van der Waals surface area (Å²) < 4.78 is 40.5. The van der Waals surface area contributed by atoms with E-state index in [0.29, 0.717) is 19.3 Å². The van der Waals surface area contributed by atoms with Crippen molar-refractivity contribution in [3.8, 4) is 0 Å².